The topological polar surface area (TPSA) is 60.2 Å². The molecule has 0 rings (SSSR count). The molecule has 0 fully saturated rings. The largest absolute Gasteiger partial charge is 0.508 e. The summed E-state index contributed by atoms with van der Waals surface area (Å²) in [6.45, 7) is 0. The fraction of sp³-hybridized carbons (Fsp3) is 1.00. The number of rotatable bonds is 1. The van der Waals surface area contributed by atoms with E-state index in [1.165, 1.54) is 0 Å². The molecule has 0 aromatic carbocycles. The van der Waals surface area contributed by atoms with Crippen molar-refractivity contribution in [2.24, 2.45) is 5.14 Å². The van der Waals surface area contributed by atoms with Crippen LogP contribution in [-0.4, -0.2) is 13.9 Å². The molecule has 3 nitrogen and oxygen atoms in total. The van der Waals surface area contributed by atoms with Gasteiger partial charge < -0.3 is 0 Å². The van der Waals surface area contributed by atoms with Crippen LogP contribution in [0.3, 0.4) is 0 Å². The Morgan fingerprint density at radius 1 is 1.33 bits per heavy atom. The molecule has 0 atom stereocenters. The first-order chi connectivity index (χ1) is 3.81. The van der Waals surface area contributed by atoms with E-state index in [0.29, 0.717) is 0 Å². The predicted octanol–water partition coefficient (Wildman–Crippen LogP) is 0.443. The fourth-order valence-electron chi connectivity index (χ4n) is 0.0546. The molecule has 0 heterocycles. The molecular formula is CH2F3NO2S2. The van der Waals surface area contributed by atoms with Crippen LogP contribution in [0.1, 0.15) is 0 Å². The van der Waals surface area contributed by atoms with Crippen molar-refractivity contribution in [1.29, 1.82) is 0 Å². The van der Waals surface area contributed by atoms with E-state index in [1.54, 1.807) is 0 Å². The first-order valence-electron chi connectivity index (χ1n) is 1.51. The molecule has 0 aliphatic rings. The van der Waals surface area contributed by atoms with Crippen LogP contribution >= 0.6 is 11.0 Å². The van der Waals surface area contributed by atoms with Crippen molar-refractivity contribution in [1.82, 2.24) is 0 Å². The standard InChI is InChI=1S/CH2F3NO2S2/c2-1(3,4)9(6,7)8-5/h5H2. The average Bonchev–Trinajstić information content (AvgIpc) is 1.64. The molecule has 8 heteroatoms. The van der Waals surface area contributed by atoms with Gasteiger partial charge in [-0.25, -0.2) is 8.42 Å². The summed E-state index contributed by atoms with van der Waals surface area (Å²) in [7, 11) is -5.86. The molecule has 0 unspecified atom stereocenters. The highest BCUT2D eigenvalue weighted by molar-refractivity contribution is 8.71. The normalized spacial score (nSPS) is 13.8. The molecule has 0 saturated heterocycles. The fourth-order valence-corrected chi connectivity index (χ4v) is 0.491. The Morgan fingerprint density at radius 2 is 1.67 bits per heavy atom. The van der Waals surface area contributed by atoms with Gasteiger partial charge in [-0.05, 0) is 0 Å². The van der Waals surface area contributed by atoms with Crippen molar-refractivity contribution >= 4 is 19.8 Å². The van der Waals surface area contributed by atoms with Crippen LogP contribution in [0.4, 0.5) is 13.2 Å². The van der Waals surface area contributed by atoms with E-state index < -0.39 is 25.4 Å². The molecule has 2 N–H and O–H groups in total. The molecule has 0 aliphatic carbocycles. The second-order valence-electron chi connectivity index (χ2n) is 0.996. The first-order valence-corrected chi connectivity index (χ1v) is 4.39. The Kier molecular flexibility index (Phi) is 2.36. The lowest BCUT2D eigenvalue weighted by atomic mass is 11.6. The second kappa shape index (κ2) is 2.35. The minimum Gasteiger partial charge on any atom is -0.264 e. The van der Waals surface area contributed by atoms with Gasteiger partial charge in [0.25, 0.3) is 0 Å². The highest BCUT2D eigenvalue weighted by Gasteiger charge is 2.45. The summed E-state index contributed by atoms with van der Waals surface area (Å²) in [5.74, 6) is 0. The molecule has 56 valence electrons. The van der Waals surface area contributed by atoms with E-state index in [2.05, 4.69) is 5.14 Å². The zero-order chi connectivity index (χ0) is 7.71. The maximum Gasteiger partial charge on any atom is 0.508 e. The van der Waals surface area contributed by atoms with Gasteiger partial charge in [-0.3, -0.25) is 5.14 Å². The Balaban J connectivity index is 4.57. The lowest BCUT2D eigenvalue weighted by Gasteiger charge is -2.01. The Morgan fingerprint density at radius 3 is 1.67 bits per heavy atom. The van der Waals surface area contributed by atoms with Crippen LogP contribution < -0.4 is 5.14 Å². The van der Waals surface area contributed by atoms with E-state index in [-0.39, 0.29) is 0 Å². The number of halogens is 3. The highest BCUT2D eigenvalue weighted by atomic mass is 33.1. The monoisotopic (exact) mass is 181 g/mol. The summed E-state index contributed by atoms with van der Waals surface area (Å²) in [4.78, 5) is 0. The average molecular weight is 181 g/mol. The van der Waals surface area contributed by atoms with E-state index in [0.717, 1.165) is 0 Å². The Labute approximate surface area is 52.9 Å². The van der Waals surface area contributed by atoms with Gasteiger partial charge in [-0.1, -0.05) is 0 Å². The van der Waals surface area contributed by atoms with Gasteiger partial charge in [-0.2, -0.15) is 13.2 Å². The SMILES string of the molecule is NSS(=O)(=O)C(F)(F)F. The number of hydrogen-bond acceptors (Lipinski definition) is 4. The van der Waals surface area contributed by atoms with Gasteiger partial charge in [0.2, 0.25) is 0 Å². The van der Waals surface area contributed by atoms with Crippen LogP contribution in [0, 0.1) is 0 Å². The molecule has 0 radical (unpaired) electrons. The Bertz CT molecular complexity index is 180. The summed E-state index contributed by atoms with van der Waals surface area (Å²) < 4.78 is 52.9. The zero-order valence-electron chi connectivity index (χ0n) is 3.84. The van der Waals surface area contributed by atoms with Gasteiger partial charge >= 0.3 is 14.4 Å². The molecule has 0 saturated carbocycles. The summed E-state index contributed by atoms with van der Waals surface area (Å²) in [6.07, 6.45) is 0. The third-order valence-electron chi connectivity index (χ3n) is 0.410. The third kappa shape index (κ3) is 2.03. The van der Waals surface area contributed by atoms with Crippen molar-refractivity contribution in [2.45, 2.75) is 5.51 Å². The first kappa shape index (κ1) is 9.05. The molecular weight excluding hydrogens is 179 g/mol. The molecule has 0 aliphatic heterocycles. The van der Waals surface area contributed by atoms with E-state index in [9.17, 15) is 21.6 Å². The number of nitrogens with two attached hydrogens (primary N) is 1. The maximum atomic E-state index is 11.1. The van der Waals surface area contributed by atoms with Gasteiger partial charge in [0, 0.05) is 0 Å². The minimum absolute atomic E-state index is 0.719. The Hall–Kier alpha value is 0.0500. The van der Waals surface area contributed by atoms with E-state index in [1.807, 2.05) is 0 Å². The van der Waals surface area contributed by atoms with Crippen molar-refractivity contribution in [3.8, 4) is 0 Å². The summed E-state index contributed by atoms with van der Waals surface area (Å²) in [5, 5.41) is 4.20. The molecule has 0 aromatic heterocycles. The quantitative estimate of drug-likeness (QED) is 0.471. The van der Waals surface area contributed by atoms with Crippen LogP contribution in [-0.2, 0) is 8.87 Å². The minimum atomic E-state index is -5.24. The van der Waals surface area contributed by atoms with Crippen molar-refractivity contribution in [3.05, 3.63) is 0 Å². The van der Waals surface area contributed by atoms with Crippen molar-refractivity contribution in [2.75, 3.05) is 0 Å². The summed E-state index contributed by atoms with van der Waals surface area (Å²) in [5.41, 5.74) is -5.24. The summed E-state index contributed by atoms with van der Waals surface area (Å²) in [6, 6.07) is 0. The van der Waals surface area contributed by atoms with Gasteiger partial charge in [0.15, 0.2) is 0 Å². The van der Waals surface area contributed by atoms with Crippen LogP contribution in [0.2, 0.25) is 0 Å². The lowest BCUT2D eigenvalue weighted by molar-refractivity contribution is -0.0410. The van der Waals surface area contributed by atoms with Gasteiger partial charge in [0.1, 0.15) is 0 Å². The lowest BCUT2D eigenvalue weighted by Crippen LogP contribution is -2.20. The smallest absolute Gasteiger partial charge is 0.264 e. The highest BCUT2D eigenvalue weighted by Crippen LogP contribution is 2.28. The molecule has 0 aromatic rings. The summed E-state index contributed by atoms with van der Waals surface area (Å²) >= 11 is 0. The van der Waals surface area contributed by atoms with Crippen molar-refractivity contribution in [3.63, 3.8) is 0 Å². The number of hydrogen-bond donors (Lipinski definition) is 1. The van der Waals surface area contributed by atoms with Crippen molar-refractivity contribution < 1.29 is 21.6 Å². The molecule has 0 amide bonds. The van der Waals surface area contributed by atoms with E-state index in [4.69, 9.17) is 0 Å². The second-order valence-corrected chi connectivity index (χ2v) is 4.45. The van der Waals surface area contributed by atoms with Gasteiger partial charge in [0.05, 0.1) is 11.0 Å². The maximum absolute atomic E-state index is 11.1. The van der Waals surface area contributed by atoms with E-state index >= 15 is 0 Å². The zero-order valence-corrected chi connectivity index (χ0v) is 5.48. The molecule has 9 heavy (non-hydrogen) atoms. The predicted molar refractivity (Wildman–Crippen MR) is 26.8 cm³/mol. The van der Waals surface area contributed by atoms with Crippen LogP contribution in [0.5, 0.6) is 0 Å². The van der Waals surface area contributed by atoms with Crippen LogP contribution in [0.25, 0.3) is 0 Å². The molecule has 0 spiro atoms. The number of alkyl halides is 3. The molecule has 0 bridgehead atoms. The third-order valence-corrected chi connectivity index (χ3v) is 2.56. The van der Waals surface area contributed by atoms with Gasteiger partial charge in [-0.15, -0.1) is 0 Å². The van der Waals surface area contributed by atoms with Crippen LogP contribution in [0.15, 0.2) is 0 Å².